The minimum Gasteiger partial charge on any atom is -0.223 e. The molecule has 2 aromatic heterocycles. The van der Waals surface area contributed by atoms with Crippen molar-refractivity contribution in [1.82, 2.24) is 9.97 Å². The average Bonchev–Trinajstić information content (AvgIpc) is 3.11. The predicted octanol–water partition coefficient (Wildman–Crippen LogP) is 7.70. The molecule has 4 rings (SSSR count). The number of benzene rings is 2. The van der Waals surface area contributed by atoms with Gasteiger partial charge in [0.2, 0.25) is 0 Å². The van der Waals surface area contributed by atoms with Crippen molar-refractivity contribution in [1.29, 1.82) is 0 Å². The Kier molecular flexibility index (Phi) is 4.45. The minimum absolute atomic E-state index is 0.511. The Morgan fingerprint density at radius 3 is 1.38 bits per heavy atom. The summed E-state index contributed by atoms with van der Waals surface area (Å²) >= 11 is 27.1. The third kappa shape index (κ3) is 3.03. The van der Waals surface area contributed by atoms with E-state index in [9.17, 15) is 0 Å². The highest BCUT2D eigenvalue weighted by molar-refractivity contribution is 7.29. The van der Waals surface area contributed by atoms with Crippen molar-refractivity contribution in [3.8, 4) is 21.1 Å². The lowest BCUT2D eigenvalue weighted by atomic mass is 10.2. The van der Waals surface area contributed by atoms with Gasteiger partial charge in [-0.15, -0.1) is 0 Å². The van der Waals surface area contributed by atoms with Crippen LogP contribution in [-0.4, -0.2) is 9.97 Å². The fraction of sp³-hybridized carbons (Fsp3) is 0. The Morgan fingerprint density at radius 1 is 0.583 bits per heavy atom. The fourth-order valence-electron chi connectivity index (χ4n) is 2.15. The summed E-state index contributed by atoms with van der Waals surface area (Å²) < 4.78 is 0. The summed E-state index contributed by atoms with van der Waals surface area (Å²) in [7, 11) is 0. The molecule has 24 heavy (non-hydrogen) atoms. The van der Waals surface area contributed by atoms with Gasteiger partial charge in [-0.25, -0.2) is 9.97 Å². The van der Waals surface area contributed by atoms with Gasteiger partial charge in [0.25, 0.3) is 0 Å². The van der Waals surface area contributed by atoms with Gasteiger partial charge < -0.3 is 0 Å². The van der Waals surface area contributed by atoms with Crippen LogP contribution in [0.3, 0.4) is 0 Å². The molecule has 8 heteroatoms. The zero-order valence-electron chi connectivity index (χ0n) is 11.7. The van der Waals surface area contributed by atoms with Crippen molar-refractivity contribution in [3.63, 3.8) is 0 Å². The third-order valence-electron chi connectivity index (χ3n) is 3.31. The van der Waals surface area contributed by atoms with E-state index >= 15 is 0 Å². The van der Waals surface area contributed by atoms with Gasteiger partial charge in [-0.1, -0.05) is 81.2 Å². The van der Waals surface area contributed by atoms with E-state index in [1.165, 1.54) is 22.7 Å². The molecule has 0 amide bonds. The molecule has 0 unspecified atom stereocenters. The summed E-state index contributed by atoms with van der Waals surface area (Å²) in [5, 5.41) is 3.80. The Morgan fingerprint density at radius 2 is 1.00 bits per heavy atom. The third-order valence-corrected chi connectivity index (χ3v) is 6.91. The first kappa shape index (κ1) is 16.6. The van der Waals surface area contributed by atoms with Gasteiger partial charge in [-0.3, -0.25) is 0 Å². The summed E-state index contributed by atoms with van der Waals surface area (Å²) in [6.45, 7) is 0. The second-order valence-corrected chi connectivity index (χ2v) is 8.49. The normalized spacial score (nSPS) is 11.3. The zero-order chi connectivity index (χ0) is 16.8. The molecule has 0 atom stereocenters. The number of aromatic nitrogens is 2. The topological polar surface area (TPSA) is 25.8 Å². The highest BCUT2D eigenvalue weighted by Crippen LogP contribution is 2.38. The SMILES string of the molecule is Clc1ccc(-c2nc3sc(-c4ccc(Cl)c(Cl)c4)nc3s2)cc1Cl. The van der Waals surface area contributed by atoms with E-state index < -0.39 is 0 Å². The van der Waals surface area contributed by atoms with Gasteiger partial charge >= 0.3 is 0 Å². The lowest BCUT2D eigenvalue weighted by Crippen LogP contribution is -1.77. The predicted molar refractivity (Wildman–Crippen MR) is 106 cm³/mol. The summed E-state index contributed by atoms with van der Waals surface area (Å²) in [6.07, 6.45) is 0. The van der Waals surface area contributed by atoms with Gasteiger partial charge in [0, 0.05) is 11.1 Å². The Bertz CT molecular complexity index is 959. The molecule has 0 saturated heterocycles. The second-order valence-electron chi connectivity index (χ2n) is 4.91. The Labute approximate surface area is 165 Å². The molecule has 4 aromatic rings. The van der Waals surface area contributed by atoms with Crippen LogP contribution in [0.5, 0.6) is 0 Å². The maximum Gasteiger partial charge on any atom is 0.155 e. The molecule has 0 radical (unpaired) electrons. The zero-order valence-corrected chi connectivity index (χ0v) is 16.3. The van der Waals surface area contributed by atoms with Gasteiger partial charge in [-0.05, 0) is 24.3 Å². The molecule has 2 aromatic carbocycles. The number of nitrogens with zero attached hydrogens (tertiary/aromatic N) is 2. The average molecular weight is 432 g/mol. The van der Waals surface area contributed by atoms with Crippen LogP contribution in [0.25, 0.3) is 30.8 Å². The smallest absolute Gasteiger partial charge is 0.155 e. The highest BCUT2D eigenvalue weighted by atomic mass is 35.5. The number of hydrogen-bond donors (Lipinski definition) is 0. The molecule has 0 aliphatic carbocycles. The second kappa shape index (κ2) is 6.45. The van der Waals surface area contributed by atoms with Crippen molar-refractivity contribution in [2.45, 2.75) is 0 Å². The van der Waals surface area contributed by atoms with Crippen molar-refractivity contribution >= 4 is 78.7 Å². The molecule has 2 heterocycles. The van der Waals surface area contributed by atoms with Crippen molar-refractivity contribution in [2.75, 3.05) is 0 Å². The van der Waals surface area contributed by atoms with E-state index in [1.807, 2.05) is 24.3 Å². The van der Waals surface area contributed by atoms with Crippen LogP contribution in [-0.2, 0) is 0 Å². The van der Waals surface area contributed by atoms with E-state index in [-0.39, 0.29) is 0 Å². The highest BCUT2D eigenvalue weighted by Gasteiger charge is 2.14. The minimum atomic E-state index is 0.511. The summed E-state index contributed by atoms with van der Waals surface area (Å²) in [4.78, 5) is 11.1. The van der Waals surface area contributed by atoms with Crippen molar-refractivity contribution in [2.24, 2.45) is 0 Å². The monoisotopic (exact) mass is 430 g/mol. The largest absolute Gasteiger partial charge is 0.223 e. The standard InChI is InChI=1S/C16H6Cl4N2S2/c17-9-3-1-7(5-11(9)19)13-21-15-16(23-13)22-14(24-15)8-2-4-10(18)12(20)6-8/h1-6H. The van der Waals surface area contributed by atoms with Gasteiger partial charge in [0.05, 0.1) is 20.1 Å². The molecule has 0 spiro atoms. The molecule has 120 valence electrons. The van der Waals surface area contributed by atoms with Crippen molar-refractivity contribution in [3.05, 3.63) is 56.5 Å². The molecule has 0 aliphatic heterocycles. The van der Waals surface area contributed by atoms with E-state index in [0.717, 1.165) is 30.8 Å². The van der Waals surface area contributed by atoms with Crippen LogP contribution in [0, 0.1) is 0 Å². The lowest BCUT2D eigenvalue weighted by Gasteiger charge is -1.99. The van der Waals surface area contributed by atoms with Crippen LogP contribution in [0.2, 0.25) is 20.1 Å². The molecule has 0 fully saturated rings. The van der Waals surface area contributed by atoms with E-state index in [0.29, 0.717) is 20.1 Å². The Hall–Kier alpha value is -0.880. The fourth-order valence-corrected chi connectivity index (χ4v) is 4.78. The van der Waals surface area contributed by atoms with Crippen LogP contribution in [0.4, 0.5) is 0 Å². The number of hydrogen-bond acceptors (Lipinski definition) is 4. The molecule has 0 bridgehead atoms. The number of halogens is 4. The number of fused-ring (bicyclic) bond motifs is 1. The maximum absolute atomic E-state index is 6.08. The molecule has 0 aliphatic rings. The van der Waals surface area contributed by atoms with Gasteiger partial charge in [-0.2, -0.15) is 0 Å². The Balaban J connectivity index is 1.74. The maximum atomic E-state index is 6.08. The van der Waals surface area contributed by atoms with Gasteiger partial charge in [0.15, 0.2) is 9.66 Å². The lowest BCUT2D eigenvalue weighted by molar-refractivity contribution is 1.48. The van der Waals surface area contributed by atoms with Crippen LogP contribution < -0.4 is 0 Å². The first-order valence-electron chi connectivity index (χ1n) is 6.69. The van der Waals surface area contributed by atoms with Crippen LogP contribution in [0.1, 0.15) is 0 Å². The van der Waals surface area contributed by atoms with Crippen LogP contribution >= 0.6 is 69.1 Å². The quantitative estimate of drug-likeness (QED) is 0.324. The summed E-state index contributed by atoms with van der Waals surface area (Å²) in [5.41, 5.74) is 1.85. The van der Waals surface area contributed by atoms with Crippen LogP contribution in [0.15, 0.2) is 36.4 Å². The molecular weight excluding hydrogens is 426 g/mol. The molecular formula is C16H6Cl4N2S2. The molecule has 0 N–H and O–H groups in total. The van der Waals surface area contributed by atoms with E-state index in [4.69, 9.17) is 46.4 Å². The van der Waals surface area contributed by atoms with Crippen molar-refractivity contribution < 1.29 is 0 Å². The van der Waals surface area contributed by atoms with E-state index in [2.05, 4.69) is 9.97 Å². The summed E-state index contributed by atoms with van der Waals surface area (Å²) in [6, 6.07) is 11.0. The van der Waals surface area contributed by atoms with Gasteiger partial charge in [0.1, 0.15) is 10.0 Å². The molecule has 0 saturated carbocycles. The summed E-state index contributed by atoms with van der Waals surface area (Å²) in [5.74, 6) is 0. The van der Waals surface area contributed by atoms with E-state index in [1.54, 1.807) is 12.1 Å². The molecule has 2 nitrogen and oxygen atoms in total. The first-order valence-corrected chi connectivity index (χ1v) is 9.84. The number of thiazole rings is 2. The number of rotatable bonds is 2. The first-order chi connectivity index (χ1) is 11.5.